The number of nitrogens with two attached hydrogens (primary N) is 1. The number of rotatable bonds is 0. The van der Waals surface area contributed by atoms with Gasteiger partial charge in [-0.2, -0.15) is 0 Å². The van der Waals surface area contributed by atoms with Gasteiger partial charge in [-0.1, -0.05) is 6.08 Å². The Balaban J connectivity index is 2.09. The molecule has 62 valence electrons. The summed E-state index contributed by atoms with van der Waals surface area (Å²) >= 11 is 0. The molecule has 0 aromatic heterocycles. The first-order valence-electron chi connectivity index (χ1n) is 4.04. The molecule has 3 nitrogen and oxygen atoms in total. The molecule has 0 bridgehead atoms. The van der Waals surface area contributed by atoms with E-state index in [4.69, 9.17) is 15.2 Å². The summed E-state index contributed by atoms with van der Waals surface area (Å²) in [4.78, 5) is 0. The van der Waals surface area contributed by atoms with Gasteiger partial charge < -0.3 is 15.2 Å². The van der Waals surface area contributed by atoms with Crippen LogP contribution in [0.4, 0.5) is 0 Å². The van der Waals surface area contributed by atoms with Crippen LogP contribution in [0, 0.1) is 0 Å². The van der Waals surface area contributed by atoms with Gasteiger partial charge in [0, 0.05) is 12.5 Å². The molecule has 3 heteroatoms. The topological polar surface area (TPSA) is 44.5 Å². The highest BCUT2D eigenvalue weighted by Gasteiger charge is 2.35. The quantitative estimate of drug-likeness (QED) is 0.515. The molecule has 2 rings (SSSR count). The van der Waals surface area contributed by atoms with Gasteiger partial charge in [-0.25, -0.2) is 0 Å². The average Bonchev–Trinajstić information content (AvgIpc) is 2.45. The average molecular weight is 155 g/mol. The first-order chi connectivity index (χ1) is 5.31. The summed E-state index contributed by atoms with van der Waals surface area (Å²) in [7, 11) is 0. The van der Waals surface area contributed by atoms with Crippen molar-refractivity contribution in [1.82, 2.24) is 0 Å². The van der Waals surface area contributed by atoms with Crippen molar-refractivity contribution < 1.29 is 9.47 Å². The van der Waals surface area contributed by atoms with Crippen molar-refractivity contribution in [2.75, 3.05) is 13.2 Å². The maximum atomic E-state index is 5.69. The zero-order valence-corrected chi connectivity index (χ0v) is 6.45. The highest BCUT2D eigenvalue weighted by atomic mass is 16.7. The first-order valence-corrected chi connectivity index (χ1v) is 4.04. The second kappa shape index (κ2) is 2.59. The van der Waals surface area contributed by atoms with Crippen LogP contribution >= 0.6 is 0 Å². The van der Waals surface area contributed by atoms with E-state index in [1.165, 1.54) is 0 Å². The van der Waals surface area contributed by atoms with Gasteiger partial charge >= 0.3 is 0 Å². The zero-order chi connectivity index (χ0) is 7.73. The van der Waals surface area contributed by atoms with Crippen LogP contribution in [0.3, 0.4) is 0 Å². The SMILES string of the molecule is N[C@H]1C=CC2(CC1)OCCO2. The molecule has 0 aromatic carbocycles. The molecule has 0 radical (unpaired) electrons. The molecule has 1 saturated heterocycles. The summed E-state index contributed by atoms with van der Waals surface area (Å²) in [6, 6.07) is 0.188. The molecule has 2 N–H and O–H groups in total. The van der Waals surface area contributed by atoms with Crippen LogP contribution < -0.4 is 5.73 Å². The largest absolute Gasteiger partial charge is 0.344 e. The monoisotopic (exact) mass is 155 g/mol. The highest BCUT2D eigenvalue weighted by Crippen LogP contribution is 2.30. The molecule has 0 unspecified atom stereocenters. The van der Waals surface area contributed by atoms with Gasteiger partial charge in [-0.15, -0.1) is 0 Å². The Morgan fingerprint density at radius 2 is 2.09 bits per heavy atom. The molecule has 1 heterocycles. The van der Waals surface area contributed by atoms with Crippen molar-refractivity contribution in [2.24, 2.45) is 5.73 Å². The standard InChI is InChI=1S/C8H13NO2/c9-7-1-3-8(4-2-7)10-5-6-11-8/h1,3,7H,2,4-6,9H2/t7-/m0/s1. The normalized spacial score (nSPS) is 34.8. The summed E-state index contributed by atoms with van der Waals surface area (Å²) in [5.74, 6) is -0.407. The Labute approximate surface area is 66.2 Å². The maximum absolute atomic E-state index is 5.69. The molecule has 0 saturated carbocycles. The van der Waals surface area contributed by atoms with E-state index < -0.39 is 5.79 Å². The third-order valence-electron chi connectivity index (χ3n) is 2.20. The summed E-state index contributed by atoms with van der Waals surface area (Å²) in [6.45, 7) is 1.42. The minimum atomic E-state index is -0.407. The molecule has 2 aliphatic rings. The van der Waals surface area contributed by atoms with Crippen LogP contribution in [0.5, 0.6) is 0 Å². The van der Waals surface area contributed by atoms with Gasteiger partial charge in [0.2, 0.25) is 0 Å². The van der Waals surface area contributed by atoms with E-state index in [-0.39, 0.29) is 6.04 Å². The highest BCUT2D eigenvalue weighted by molar-refractivity contribution is 5.07. The van der Waals surface area contributed by atoms with E-state index in [0.717, 1.165) is 12.8 Å². The number of hydrogen-bond acceptors (Lipinski definition) is 3. The predicted molar refractivity (Wildman–Crippen MR) is 41.0 cm³/mol. The lowest BCUT2D eigenvalue weighted by Crippen LogP contribution is -2.35. The van der Waals surface area contributed by atoms with E-state index in [0.29, 0.717) is 13.2 Å². The fraction of sp³-hybridized carbons (Fsp3) is 0.750. The van der Waals surface area contributed by atoms with Crippen LogP contribution in [0.1, 0.15) is 12.8 Å². The molecule has 1 atom stereocenters. The van der Waals surface area contributed by atoms with E-state index in [1.807, 2.05) is 12.2 Å². The Morgan fingerprint density at radius 3 is 2.64 bits per heavy atom. The van der Waals surface area contributed by atoms with Crippen molar-refractivity contribution >= 4 is 0 Å². The minimum Gasteiger partial charge on any atom is -0.344 e. The van der Waals surface area contributed by atoms with Gasteiger partial charge in [0.15, 0.2) is 5.79 Å². The lowest BCUT2D eigenvalue weighted by Gasteiger charge is -2.28. The van der Waals surface area contributed by atoms with Gasteiger partial charge in [0.1, 0.15) is 0 Å². The maximum Gasteiger partial charge on any atom is 0.188 e. The van der Waals surface area contributed by atoms with Crippen molar-refractivity contribution in [1.29, 1.82) is 0 Å². The van der Waals surface area contributed by atoms with Crippen LogP contribution in [0.15, 0.2) is 12.2 Å². The van der Waals surface area contributed by atoms with Crippen LogP contribution in [-0.4, -0.2) is 25.0 Å². The van der Waals surface area contributed by atoms with Gasteiger partial charge in [0.25, 0.3) is 0 Å². The smallest absolute Gasteiger partial charge is 0.188 e. The summed E-state index contributed by atoms with van der Waals surface area (Å²) in [5.41, 5.74) is 5.69. The van der Waals surface area contributed by atoms with Crippen LogP contribution in [0.25, 0.3) is 0 Å². The Kier molecular flexibility index (Phi) is 1.71. The number of ether oxygens (including phenoxy) is 2. The summed E-state index contributed by atoms with van der Waals surface area (Å²) in [6.07, 6.45) is 5.77. The minimum absolute atomic E-state index is 0.188. The molecular weight excluding hydrogens is 142 g/mol. The van der Waals surface area contributed by atoms with Crippen molar-refractivity contribution in [3.63, 3.8) is 0 Å². The molecule has 1 fully saturated rings. The van der Waals surface area contributed by atoms with Gasteiger partial charge in [-0.3, -0.25) is 0 Å². The van der Waals surface area contributed by atoms with E-state index in [1.54, 1.807) is 0 Å². The lowest BCUT2D eigenvalue weighted by atomic mass is 9.98. The van der Waals surface area contributed by atoms with Crippen molar-refractivity contribution in [3.05, 3.63) is 12.2 Å². The molecule has 1 aliphatic carbocycles. The molecule has 0 amide bonds. The molecular formula is C8H13NO2. The zero-order valence-electron chi connectivity index (χ0n) is 6.45. The number of hydrogen-bond donors (Lipinski definition) is 1. The Hall–Kier alpha value is -0.380. The predicted octanol–water partition coefficient (Wildman–Crippen LogP) is 0.407. The summed E-state index contributed by atoms with van der Waals surface area (Å²) in [5, 5.41) is 0. The van der Waals surface area contributed by atoms with Crippen LogP contribution in [-0.2, 0) is 9.47 Å². The van der Waals surface area contributed by atoms with Crippen molar-refractivity contribution in [3.8, 4) is 0 Å². The Morgan fingerprint density at radius 1 is 1.36 bits per heavy atom. The van der Waals surface area contributed by atoms with Gasteiger partial charge in [-0.05, 0) is 12.5 Å². The second-order valence-electron chi connectivity index (χ2n) is 3.07. The lowest BCUT2D eigenvalue weighted by molar-refractivity contribution is -0.125. The first kappa shape index (κ1) is 7.28. The molecule has 1 spiro atoms. The van der Waals surface area contributed by atoms with E-state index in [2.05, 4.69) is 0 Å². The molecule has 0 aromatic rings. The van der Waals surface area contributed by atoms with Crippen molar-refractivity contribution in [2.45, 2.75) is 24.7 Å². The third kappa shape index (κ3) is 1.31. The van der Waals surface area contributed by atoms with Gasteiger partial charge in [0.05, 0.1) is 13.2 Å². The van der Waals surface area contributed by atoms with E-state index >= 15 is 0 Å². The fourth-order valence-corrected chi connectivity index (χ4v) is 1.53. The van der Waals surface area contributed by atoms with E-state index in [9.17, 15) is 0 Å². The van der Waals surface area contributed by atoms with Crippen LogP contribution in [0.2, 0.25) is 0 Å². The third-order valence-corrected chi connectivity index (χ3v) is 2.20. The fourth-order valence-electron chi connectivity index (χ4n) is 1.53. The molecule has 1 aliphatic heterocycles. The Bertz CT molecular complexity index is 173. The molecule has 11 heavy (non-hydrogen) atoms. The summed E-state index contributed by atoms with van der Waals surface area (Å²) < 4.78 is 10.9. The second-order valence-corrected chi connectivity index (χ2v) is 3.07.